The standard InChI is InChI=1S/C16H32N2O4S/c1-13(17-9-7-11-23(5,20)21)12-14-8-6-10-18(14)15(19)22-16(2,3)4/h13-14,17H,6-12H2,1-5H3. The van der Waals surface area contributed by atoms with Crippen molar-refractivity contribution in [1.82, 2.24) is 10.2 Å². The third-order valence-corrected chi connectivity index (χ3v) is 4.85. The van der Waals surface area contributed by atoms with Gasteiger partial charge in [-0.05, 0) is 59.9 Å². The van der Waals surface area contributed by atoms with E-state index >= 15 is 0 Å². The van der Waals surface area contributed by atoms with Gasteiger partial charge in [-0.15, -0.1) is 0 Å². The van der Waals surface area contributed by atoms with Gasteiger partial charge in [0.2, 0.25) is 0 Å². The Morgan fingerprint density at radius 3 is 2.61 bits per heavy atom. The first-order valence-corrected chi connectivity index (χ1v) is 10.4. The summed E-state index contributed by atoms with van der Waals surface area (Å²) in [6.45, 7) is 9.13. The molecule has 0 aromatic carbocycles. The lowest BCUT2D eigenvalue weighted by Crippen LogP contribution is -2.42. The average molecular weight is 349 g/mol. The largest absolute Gasteiger partial charge is 0.444 e. The SMILES string of the molecule is CC(CC1CCCN1C(=O)OC(C)(C)C)NCCCS(C)(=O)=O. The Morgan fingerprint density at radius 2 is 2.04 bits per heavy atom. The number of likely N-dealkylation sites (tertiary alicyclic amines) is 1. The third kappa shape index (κ3) is 8.55. The maximum absolute atomic E-state index is 12.2. The molecule has 1 saturated heterocycles. The van der Waals surface area contributed by atoms with E-state index in [9.17, 15) is 13.2 Å². The molecular weight excluding hydrogens is 316 g/mol. The second-order valence-electron chi connectivity index (χ2n) is 7.54. The van der Waals surface area contributed by atoms with Crippen molar-refractivity contribution in [3.8, 4) is 0 Å². The van der Waals surface area contributed by atoms with Crippen LogP contribution in [0.3, 0.4) is 0 Å². The van der Waals surface area contributed by atoms with E-state index < -0.39 is 15.4 Å². The summed E-state index contributed by atoms with van der Waals surface area (Å²) < 4.78 is 27.7. The number of nitrogens with one attached hydrogen (secondary N) is 1. The predicted molar refractivity (Wildman–Crippen MR) is 92.4 cm³/mol. The lowest BCUT2D eigenvalue weighted by molar-refractivity contribution is 0.0214. The molecule has 1 aliphatic rings. The molecule has 0 bridgehead atoms. The summed E-state index contributed by atoms with van der Waals surface area (Å²) in [7, 11) is -2.89. The van der Waals surface area contributed by atoms with Gasteiger partial charge in [0.1, 0.15) is 15.4 Å². The summed E-state index contributed by atoms with van der Waals surface area (Å²) in [6.07, 6.45) is 4.50. The van der Waals surface area contributed by atoms with Crippen LogP contribution in [0.1, 0.15) is 53.4 Å². The van der Waals surface area contributed by atoms with Gasteiger partial charge in [-0.2, -0.15) is 0 Å². The molecule has 1 rings (SSSR count). The van der Waals surface area contributed by atoms with Crippen molar-refractivity contribution in [2.45, 2.75) is 71.1 Å². The fourth-order valence-corrected chi connectivity index (χ4v) is 3.48. The van der Waals surface area contributed by atoms with E-state index in [0.717, 1.165) is 25.8 Å². The van der Waals surface area contributed by atoms with Crippen molar-refractivity contribution in [2.75, 3.05) is 25.1 Å². The molecule has 6 nitrogen and oxygen atoms in total. The predicted octanol–water partition coefficient (Wildman–Crippen LogP) is 2.19. The van der Waals surface area contributed by atoms with E-state index in [4.69, 9.17) is 4.74 Å². The highest BCUT2D eigenvalue weighted by atomic mass is 32.2. The van der Waals surface area contributed by atoms with Crippen molar-refractivity contribution in [1.29, 1.82) is 0 Å². The summed E-state index contributed by atoms with van der Waals surface area (Å²) in [6, 6.07) is 0.435. The van der Waals surface area contributed by atoms with Crippen molar-refractivity contribution in [2.24, 2.45) is 0 Å². The van der Waals surface area contributed by atoms with Crippen LogP contribution in [0.15, 0.2) is 0 Å². The normalized spacial score (nSPS) is 20.6. The van der Waals surface area contributed by atoms with Gasteiger partial charge in [-0.3, -0.25) is 0 Å². The molecule has 2 unspecified atom stereocenters. The number of sulfone groups is 1. The molecule has 0 aromatic heterocycles. The average Bonchev–Trinajstić information content (AvgIpc) is 2.79. The molecule has 1 heterocycles. The minimum atomic E-state index is -2.89. The van der Waals surface area contributed by atoms with Crippen LogP contribution in [0.25, 0.3) is 0 Å². The first-order chi connectivity index (χ1) is 10.5. The first kappa shape index (κ1) is 20.2. The van der Waals surface area contributed by atoms with E-state index in [2.05, 4.69) is 12.2 Å². The molecule has 0 radical (unpaired) electrons. The zero-order valence-electron chi connectivity index (χ0n) is 15.1. The fourth-order valence-electron chi connectivity index (χ4n) is 2.82. The summed E-state index contributed by atoms with van der Waals surface area (Å²) >= 11 is 0. The highest BCUT2D eigenvalue weighted by molar-refractivity contribution is 7.90. The van der Waals surface area contributed by atoms with Gasteiger partial charge >= 0.3 is 6.09 Å². The zero-order chi connectivity index (χ0) is 17.7. The molecular formula is C16H32N2O4S. The van der Waals surface area contributed by atoms with Crippen LogP contribution in [-0.4, -0.2) is 62.2 Å². The van der Waals surface area contributed by atoms with Crippen molar-refractivity contribution in [3.63, 3.8) is 0 Å². The summed E-state index contributed by atoms with van der Waals surface area (Å²) in [5.74, 6) is 0.209. The Labute approximate surface area is 140 Å². The molecule has 7 heteroatoms. The lowest BCUT2D eigenvalue weighted by Gasteiger charge is -2.30. The van der Waals surface area contributed by atoms with E-state index in [1.807, 2.05) is 25.7 Å². The van der Waals surface area contributed by atoms with Gasteiger partial charge in [0.25, 0.3) is 0 Å². The zero-order valence-corrected chi connectivity index (χ0v) is 15.9. The van der Waals surface area contributed by atoms with Crippen LogP contribution >= 0.6 is 0 Å². The van der Waals surface area contributed by atoms with Crippen molar-refractivity contribution >= 4 is 15.9 Å². The Morgan fingerprint density at radius 1 is 1.39 bits per heavy atom. The molecule has 0 aromatic rings. The Balaban J connectivity index is 2.38. The molecule has 1 fully saturated rings. The summed E-state index contributed by atoms with van der Waals surface area (Å²) in [5, 5.41) is 3.35. The number of amides is 1. The highest BCUT2D eigenvalue weighted by Gasteiger charge is 2.32. The monoisotopic (exact) mass is 348 g/mol. The van der Waals surface area contributed by atoms with Gasteiger partial charge in [0.15, 0.2) is 0 Å². The quantitative estimate of drug-likeness (QED) is 0.714. The second kappa shape index (κ2) is 8.33. The molecule has 0 aliphatic carbocycles. The van der Waals surface area contributed by atoms with Gasteiger partial charge < -0.3 is 15.0 Å². The molecule has 1 aliphatic heterocycles. The third-order valence-electron chi connectivity index (χ3n) is 3.82. The van der Waals surface area contributed by atoms with Gasteiger partial charge in [0.05, 0.1) is 5.75 Å². The number of rotatable bonds is 7. The molecule has 136 valence electrons. The number of nitrogens with zero attached hydrogens (tertiary/aromatic N) is 1. The molecule has 2 atom stereocenters. The van der Waals surface area contributed by atoms with Crippen LogP contribution in [0.5, 0.6) is 0 Å². The minimum absolute atomic E-state index is 0.197. The van der Waals surface area contributed by atoms with Crippen molar-refractivity contribution < 1.29 is 17.9 Å². The first-order valence-electron chi connectivity index (χ1n) is 8.38. The van der Waals surface area contributed by atoms with E-state index in [1.54, 1.807) is 0 Å². The lowest BCUT2D eigenvalue weighted by atomic mass is 10.1. The fraction of sp³-hybridized carbons (Fsp3) is 0.938. The molecule has 23 heavy (non-hydrogen) atoms. The van der Waals surface area contributed by atoms with Crippen LogP contribution in [0.4, 0.5) is 4.79 Å². The smallest absolute Gasteiger partial charge is 0.410 e. The Hall–Kier alpha value is -0.820. The summed E-state index contributed by atoms with van der Waals surface area (Å²) in [4.78, 5) is 14.1. The maximum atomic E-state index is 12.2. The number of hydrogen-bond donors (Lipinski definition) is 1. The maximum Gasteiger partial charge on any atom is 0.410 e. The number of carbonyl (C=O) groups excluding carboxylic acids is 1. The molecule has 0 saturated carbocycles. The van der Waals surface area contributed by atoms with Crippen LogP contribution in [0, 0.1) is 0 Å². The van der Waals surface area contributed by atoms with E-state index in [0.29, 0.717) is 13.0 Å². The Bertz CT molecular complexity index is 485. The second-order valence-corrected chi connectivity index (χ2v) is 9.80. The van der Waals surface area contributed by atoms with E-state index in [-0.39, 0.29) is 23.9 Å². The van der Waals surface area contributed by atoms with Crippen LogP contribution in [0.2, 0.25) is 0 Å². The highest BCUT2D eigenvalue weighted by Crippen LogP contribution is 2.24. The minimum Gasteiger partial charge on any atom is -0.444 e. The number of hydrogen-bond acceptors (Lipinski definition) is 5. The number of carbonyl (C=O) groups is 1. The van der Waals surface area contributed by atoms with Gasteiger partial charge in [0, 0.05) is 24.9 Å². The number of ether oxygens (including phenoxy) is 1. The Kier molecular flexibility index (Phi) is 7.32. The van der Waals surface area contributed by atoms with Gasteiger partial charge in [-0.1, -0.05) is 0 Å². The topological polar surface area (TPSA) is 75.7 Å². The van der Waals surface area contributed by atoms with E-state index in [1.165, 1.54) is 6.26 Å². The van der Waals surface area contributed by atoms with Crippen molar-refractivity contribution in [3.05, 3.63) is 0 Å². The van der Waals surface area contributed by atoms with Gasteiger partial charge in [-0.25, -0.2) is 13.2 Å². The summed E-state index contributed by atoms with van der Waals surface area (Å²) in [5.41, 5.74) is -0.472. The molecule has 0 spiro atoms. The molecule has 1 N–H and O–H groups in total. The van der Waals surface area contributed by atoms with Crippen LogP contribution < -0.4 is 5.32 Å². The molecule has 1 amide bonds. The van der Waals surface area contributed by atoms with Crippen LogP contribution in [-0.2, 0) is 14.6 Å².